The average molecular weight is 446 g/mol. The number of hydrogen-bond donors (Lipinski definition) is 0. The smallest absolute Gasteiger partial charge is 0.318 e. The predicted molar refractivity (Wildman–Crippen MR) is 126 cm³/mol. The lowest BCUT2D eigenvalue weighted by Gasteiger charge is -2.05. The van der Waals surface area contributed by atoms with Gasteiger partial charge in [-0.25, -0.2) is 4.79 Å². The zero-order chi connectivity index (χ0) is 21.8. The van der Waals surface area contributed by atoms with Crippen LogP contribution >= 0.6 is 23.1 Å². The van der Waals surface area contributed by atoms with Crippen LogP contribution in [0.5, 0.6) is 0 Å². The first-order valence-corrected chi connectivity index (χ1v) is 11.3. The number of carbonyl (C=O) groups excluding carboxylic acids is 2. The number of carbonyl (C=O) groups is 2. The molecular formula is C25H19NO3S2. The summed E-state index contributed by atoms with van der Waals surface area (Å²) in [6, 6.07) is 25.5. The highest BCUT2D eigenvalue weighted by atomic mass is 32.2. The molecule has 0 saturated heterocycles. The summed E-state index contributed by atoms with van der Waals surface area (Å²) in [4.78, 5) is 31.3. The van der Waals surface area contributed by atoms with Gasteiger partial charge in [0, 0.05) is 27.0 Å². The molecule has 4 nitrogen and oxygen atoms in total. The molecule has 0 aliphatic heterocycles. The van der Waals surface area contributed by atoms with Crippen molar-refractivity contribution in [3.8, 4) is 0 Å². The molecule has 0 aliphatic carbocycles. The lowest BCUT2D eigenvalue weighted by atomic mass is 10.1. The van der Waals surface area contributed by atoms with Gasteiger partial charge in [-0.2, -0.15) is 0 Å². The SMILES string of the molecule is CC(=O)O/N=C(\C)c1ccc(Sc2ccc(C(=O)c3cc4ccccc4s3)cc2)cc1. The highest BCUT2D eigenvalue weighted by Gasteiger charge is 2.13. The molecule has 0 bridgehead atoms. The first kappa shape index (κ1) is 21.0. The molecule has 1 aromatic heterocycles. The van der Waals surface area contributed by atoms with Gasteiger partial charge in [0.2, 0.25) is 5.78 Å². The van der Waals surface area contributed by atoms with Gasteiger partial charge in [-0.15, -0.1) is 11.3 Å². The minimum absolute atomic E-state index is 0.0460. The highest BCUT2D eigenvalue weighted by Crippen LogP contribution is 2.30. The van der Waals surface area contributed by atoms with Crippen molar-refractivity contribution >= 4 is 50.6 Å². The quantitative estimate of drug-likeness (QED) is 0.146. The van der Waals surface area contributed by atoms with Crippen molar-refractivity contribution in [3.63, 3.8) is 0 Å². The standard InChI is InChI=1S/C25H19NO3S2/c1-16(26-29-17(2)27)18-7-11-21(12-8-18)30-22-13-9-19(10-14-22)25(28)24-15-20-5-3-4-6-23(20)31-24/h3-15H,1-2H3/b26-16+. The number of thiophene rings is 1. The Bertz CT molecular complexity index is 1240. The van der Waals surface area contributed by atoms with Crippen LogP contribution in [0.25, 0.3) is 10.1 Å². The molecule has 4 rings (SSSR count). The fourth-order valence-electron chi connectivity index (χ4n) is 3.00. The number of hydrogen-bond acceptors (Lipinski definition) is 6. The van der Waals surface area contributed by atoms with Crippen LogP contribution in [0, 0.1) is 0 Å². The Morgan fingerprint density at radius 3 is 2.06 bits per heavy atom. The number of fused-ring (bicyclic) bond motifs is 1. The Morgan fingerprint density at radius 2 is 1.45 bits per heavy atom. The Hall–Kier alpha value is -3.22. The molecule has 0 amide bonds. The van der Waals surface area contributed by atoms with Gasteiger partial charge in [-0.05, 0) is 66.4 Å². The summed E-state index contributed by atoms with van der Waals surface area (Å²) < 4.78 is 1.12. The Balaban J connectivity index is 1.44. The number of nitrogens with zero attached hydrogens (tertiary/aromatic N) is 1. The zero-order valence-corrected chi connectivity index (χ0v) is 18.6. The van der Waals surface area contributed by atoms with Gasteiger partial charge in [0.05, 0.1) is 10.6 Å². The van der Waals surface area contributed by atoms with Gasteiger partial charge < -0.3 is 4.84 Å². The lowest BCUT2D eigenvalue weighted by Crippen LogP contribution is -1.99. The third-order valence-corrected chi connectivity index (χ3v) is 6.72. The van der Waals surface area contributed by atoms with Gasteiger partial charge >= 0.3 is 5.97 Å². The van der Waals surface area contributed by atoms with E-state index in [0.29, 0.717) is 11.3 Å². The monoisotopic (exact) mass is 445 g/mol. The second-order valence-electron chi connectivity index (χ2n) is 6.89. The molecule has 0 fully saturated rings. The first-order chi connectivity index (χ1) is 15.0. The molecule has 0 unspecified atom stereocenters. The topological polar surface area (TPSA) is 55.7 Å². The third kappa shape index (κ3) is 5.10. The normalized spacial score (nSPS) is 11.5. The number of ketones is 1. The van der Waals surface area contributed by atoms with Gasteiger partial charge in [0.1, 0.15) is 0 Å². The number of benzene rings is 3. The van der Waals surface area contributed by atoms with Crippen molar-refractivity contribution in [1.29, 1.82) is 0 Å². The van der Waals surface area contributed by atoms with E-state index in [2.05, 4.69) is 9.99 Å². The van der Waals surface area contributed by atoms with E-state index < -0.39 is 5.97 Å². The summed E-state index contributed by atoms with van der Waals surface area (Å²) in [5.74, 6) is -0.398. The number of rotatable bonds is 6. The molecule has 0 N–H and O–H groups in total. The molecule has 0 saturated carbocycles. The predicted octanol–water partition coefficient (Wildman–Crippen LogP) is 6.57. The molecule has 154 valence electrons. The largest absolute Gasteiger partial charge is 0.331 e. The summed E-state index contributed by atoms with van der Waals surface area (Å²) >= 11 is 3.14. The van der Waals surface area contributed by atoms with E-state index in [0.717, 1.165) is 30.3 Å². The van der Waals surface area contributed by atoms with Gasteiger partial charge in [0.25, 0.3) is 0 Å². The van der Waals surface area contributed by atoms with Gasteiger partial charge in [-0.3, -0.25) is 4.79 Å². The molecular weight excluding hydrogens is 426 g/mol. The Labute approximate surface area is 188 Å². The van der Waals surface area contributed by atoms with E-state index in [1.54, 1.807) is 18.7 Å². The molecule has 0 atom stereocenters. The van der Waals surface area contributed by atoms with E-state index in [-0.39, 0.29) is 5.78 Å². The maximum atomic E-state index is 12.8. The van der Waals surface area contributed by atoms with Crippen molar-refractivity contribution in [1.82, 2.24) is 0 Å². The maximum absolute atomic E-state index is 12.8. The van der Waals surface area contributed by atoms with Crippen molar-refractivity contribution in [2.24, 2.45) is 5.16 Å². The van der Waals surface area contributed by atoms with Crippen molar-refractivity contribution in [2.45, 2.75) is 23.6 Å². The second-order valence-corrected chi connectivity index (χ2v) is 9.12. The molecule has 1 heterocycles. The fraction of sp³-hybridized carbons (Fsp3) is 0.0800. The van der Waals surface area contributed by atoms with Crippen molar-refractivity contribution in [2.75, 3.05) is 0 Å². The van der Waals surface area contributed by atoms with Crippen LogP contribution in [-0.4, -0.2) is 17.5 Å². The van der Waals surface area contributed by atoms with Crippen molar-refractivity contribution in [3.05, 3.63) is 94.9 Å². The summed E-state index contributed by atoms with van der Waals surface area (Å²) in [6.45, 7) is 3.11. The fourth-order valence-corrected chi connectivity index (χ4v) is 4.84. The van der Waals surface area contributed by atoms with E-state index in [4.69, 9.17) is 0 Å². The molecule has 0 aliphatic rings. The first-order valence-electron chi connectivity index (χ1n) is 9.63. The van der Waals surface area contributed by atoms with Crippen LogP contribution in [0.2, 0.25) is 0 Å². The van der Waals surface area contributed by atoms with E-state index >= 15 is 0 Å². The lowest BCUT2D eigenvalue weighted by molar-refractivity contribution is -0.140. The van der Waals surface area contributed by atoms with Crippen LogP contribution in [0.3, 0.4) is 0 Å². The summed E-state index contributed by atoms with van der Waals surface area (Å²) in [6.07, 6.45) is 0. The van der Waals surface area contributed by atoms with Crippen LogP contribution in [0.15, 0.2) is 93.8 Å². The Kier molecular flexibility index (Phi) is 6.30. The summed E-state index contributed by atoms with van der Waals surface area (Å²) in [5, 5.41) is 4.90. The minimum Gasteiger partial charge on any atom is -0.318 e. The molecule has 0 radical (unpaired) electrons. The van der Waals surface area contributed by atoms with E-state index in [1.807, 2.05) is 78.9 Å². The third-order valence-electron chi connectivity index (χ3n) is 4.58. The van der Waals surface area contributed by atoms with Crippen LogP contribution in [-0.2, 0) is 9.63 Å². The van der Waals surface area contributed by atoms with E-state index in [9.17, 15) is 9.59 Å². The van der Waals surface area contributed by atoms with E-state index in [1.165, 1.54) is 18.3 Å². The molecule has 6 heteroatoms. The maximum Gasteiger partial charge on any atom is 0.331 e. The molecule has 4 aromatic rings. The van der Waals surface area contributed by atoms with Crippen LogP contribution in [0.4, 0.5) is 0 Å². The van der Waals surface area contributed by atoms with Crippen molar-refractivity contribution < 1.29 is 14.4 Å². The minimum atomic E-state index is -0.444. The van der Waals surface area contributed by atoms with Gasteiger partial charge in [-0.1, -0.05) is 47.2 Å². The second kappa shape index (κ2) is 9.29. The summed E-state index contributed by atoms with van der Waals surface area (Å²) in [5.41, 5.74) is 2.20. The molecule has 31 heavy (non-hydrogen) atoms. The van der Waals surface area contributed by atoms with Crippen LogP contribution < -0.4 is 0 Å². The molecule has 3 aromatic carbocycles. The van der Waals surface area contributed by atoms with Gasteiger partial charge in [0.15, 0.2) is 0 Å². The zero-order valence-electron chi connectivity index (χ0n) is 17.0. The highest BCUT2D eigenvalue weighted by molar-refractivity contribution is 7.99. The number of oxime groups is 1. The Morgan fingerprint density at radius 1 is 0.839 bits per heavy atom. The average Bonchev–Trinajstić information content (AvgIpc) is 3.22. The van der Waals surface area contributed by atoms with Crippen LogP contribution in [0.1, 0.15) is 34.6 Å². The summed E-state index contributed by atoms with van der Waals surface area (Å²) in [7, 11) is 0. The molecule has 0 spiro atoms.